The van der Waals surface area contributed by atoms with Gasteiger partial charge in [-0.15, -0.1) is 0 Å². The first-order chi connectivity index (χ1) is 9.42. The molecule has 1 saturated carbocycles. The highest BCUT2D eigenvalue weighted by atomic mass is 15.4. The first-order valence-corrected chi connectivity index (χ1v) is 7.59. The Morgan fingerprint density at radius 1 is 1.15 bits per heavy atom. The molecular formula is C17H25N3. The number of hydrogen-bond acceptors (Lipinski definition) is 3. The molecule has 1 aromatic rings. The van der Waals surface area contributed by atoms with Gasteiger partial charge in [-0.3, -0.25) is 4.99 Å². The average molecular weight is 271 g/mol. The summed E-state index contributed by atoms with van der Waals surface area (Å²) in [5.74, 6) is 0.687. The predicted octanol–water partition coefficient (Wildman–Crippen LogP) is 3.47. The third-order valence-corrected chi connectivity index (χ3v) is 4.83. The minimum Gasteiger partial charge on any atom is -0.369 e. The second-order valence-electron chi connectivity index (χ2n) is 7.26. The molecule has 1 aromatic carbocycles. The summed E-state index contributed by atoms with van der Waals surface area (Å²) < 4.78 is 0. The second kappa shape index (κ2) is 4.51. The fraction of sp³-hybridized carbons (Fsp3) is 0.588. The molecule has 3 heteroatoms. The molecule has 3 rings (SSSR count). The van der Waals surface area contributed by atoms with Gasteiger partial charge in [-0.1, -0.05) is 38.0 Å². The van der Waals surface area contributed by atoms with Crippen LogP contribution in [-0.4, -0.2) is 18.0 Å². The minimum atomic E-state index is 0.0983. The number of nitrogens with zero attached hydrogens (tertiary/aromatic N) is 2. The van der Waals surface area contributed by atoms with Crippen molar-refractivity contribution in [3.8, 4) is 0 Å². The Balaban J connectivity index is 1.97. The van der Waals surface area contributed by atoms with Crippen molar-refractivity contribution in [3.05, 3.63) is 29.8 Å². The predicted molar refractivity (Wildman–Crippen MR) is 85.1 cm³/mol. The number of aryl methyl sites for hydroxylation is 1. The van der Waals surface area contributed by atoms with Crippen LogP contribution in [0.5, 0.6) is 0 Å². The normalized spacial score (nSPS) is 28.8. The lowest BCUT2D eigenvalue weighted by Crippen LogP contribution is -2.55. The number of aliphatic imine (C=N–C) groups is 1. The summed E-state index contributed by atoms with van der Waals surface area (Å²) in [5.41, 5.74) is 9.16. The van der Waals surface area contributed by atoms with Crippen molar-refractivity contribution >= 4 is 11.6 Å². The maximum absolute atomic E-state index is 6.22. The minimum absolute atomic E-state index is 0.0983. The van der Waals surface area contributed by atoms with Crippen LogP contribution in [0.3, 0.4) is 0 Å². The van der Waals surface area contributed by atoms with E-state index in [0.29, 0.717) is 11.4 Å². The first kappa shape index (κ1) is 13.5. The summed E-state index contributed by atoms with van der Waals surface area (Å²) in [4.78, 5) is 6.88. The molecule has 1 atom stereocenters. The first-order valence-electron chi connectivity index (χ1n) is 7.59. The average Bonchev–Trinajstić information content (AvgIpc) is 2.66. The van der Waals surface area contributed by atoms with E-state index in [1.165, 1.54) is 30.5 Å². The lowest BCUT2D eigenvalue weighted by atomic mass is 9.67. The molecule has 0 radical (unpaired) electrons. The van der Waals surface area contributed by atoms with Crippen molar-refractivity contribution in [2.45, 2.75) is 52.0 Å². The van der Waals surface area contributed by atoms with Crippen LogP contribution in [-0.2, 0) is 0 Å². The van der Waals surface area contributed by atoms with Crippen LogP contribution in [0.25, 0.3) is 0 Å². The Morgan fingerprint density at radius 2 is 1.85 bits per heavy atom. The van der Waals surface area contributed by atoms with Gasteiger partial charge in [0.05, 0.1) is 12.1 Å². The van der Waals surface area contributed by atoms with Crippen LogP contribution in [0.15, 0.2) is 29.3 Å². The molecule has 1 aliphatic carbocycles. The van der Waals surface area contributed by atoms with Crippen LogP contribution in [0.2, 0.25) is 0 Å². The van der Waals surface area contributed by atoms with Crippen LogP contribution in [0, 0.1) is 12.3 Å². The SMILES string of the molecule is Cc1ccc(N2C(N)=NCC23CCCC(C)(C)C3)cc1. The van der Waals surface area contributed by atoms with Gasteiger partial charge in [0.2, 0.25) is 0 Å². The van der Waals surface area contributed by atoms with Crippen molar-refractivity contribution in [3.63, 3.8) is 0 Å². The van der Waals surface area contributed by atoms with Gasteiger partial charge in [0, 0.05) is 5.69 Å². The van der Waals surface area contributed by atoms with E-state index in [4.69, 9.17) is 5.73 Å². The molecule has 0 saturated heterocycles. The number of benzene rings is 1. The van der Waals surface area contributed by atoms with Crippen molar-refractivity contribution in [1.29, 1.82) is 0 Å². The zero-order chi connectivity index (χ0) is 14.4. The molecule has 0 bridgehead atoms. The van der Waals surface area contributed by atoms with Gasteiger partial charge in [-0.2, -0.15) is 0 Å². The molecule has 0 amide bonds. The molecule has 2 N–H and O–H groups in total. The summed E-state index contributed by atoms with van der Waals surface area (Å²) in [6, 6.07) is 8.66. The smallest absolute Gasteiger partial charge is 0.196 e. The molecule has 3 nitrogen and oxygen atoms in total. The van der Waals surface area contributed by atoms with Crippen molar-refractivity contribution in [2.24, 2.45) is 16.1 Å². The monoisotopic (exact) mass is 271 g/mol. The Labute approximate surface area is 121 Å². The Morgan fingerprint density at radius 3 is 2.50 bits per heavy atom. The van der Waals surface area contributed by atoms with Gasteiger partial charge in [-0.05, 0) is 43.7 Å². The molecule has 2 aliphatic rings. The van der Waals surface area contributed by atoms with Gasteiger partial charge < -0.3 is 10.6 Å². The van der Waals surface area contributed by atoms with E-state index in [0.717, 1.165) is 13.0 Å². The van der Waals surface area contributed by atoms with Crippen LogP contribution < -0.4 is 10.6 Å². The lowest BCUT2D eigenvalue weighted by molar-refractivity contribution is 0.163. The standard InChI is InChI=1S/C17H25N3/c1-13-5-7-14(8-6-13)20-15(18)19-12-17(20)10-4-9-16(2,3)11-17/h5-8H,4,9-12H2,1-3H3,(H2,18,19). The topological polar surface area (TPSA) is 41.6 Å². The Hall–Kier alpha value is -1.51. The molecule has 1 fully saturated rings. The summed E-state index contributed by atoms with van der Waals surface area (Å²) in [6.07, 6.45) is 4.92. The van der Waals surface area contributed by atoms with Crippen molar-refractivity contribution < 1.29 is 0 Å². The molecule has 0 aromatic heterocycles. The highest BCUT2D eigenvalue weighted by Gasteiger charge is 2.48. The van der Waals surface area contributed by atoms with E-state index in [1.807, 2.05) is 0 Å². The Bertz CT molecular complexity index is 530. The molecule has 20 heavy (non-hydrogen) atoms. The zero-order valence-electron chi connectivity index (χ0n) is 12.8. The molecule has 1 spiro atoms. The van der Waals surface area contributed by atoms with Gasteiger partial charge >= 0.3 is 0 Å². The van der Waals surface area contributed by atoms with Crippen molar-refractivity contribution in [2.75, 3.05) is 11.4 Å². The highest BCUT2D eigenvalue weighted by Crippen LogP contribution is 2.47. The maximum Gasteiger partial charge on any atom is 0.196 e. The number of anilines is 1. The Kier molecular flexibility index (Phi) is 3.03. The van der Waals surface area contributed by atoms with Gasteiger partial charge in [0.25, 0.3) is 0 Å². The van der Waals surface area contributed by atoms with E-state index in [2.05, 4.69) is 54.9 Å². The quantitative estimate of drug-likeness (QED) is 0.849. The number of rotatable bonds is 1. The molecule has 108 valence electrons. The second-order valence-corrected chi connectivity index (χ2v) is 7.26. The summed E-state index contributed by atoms with van der Waals surface area (Å²) in [5, 5.41) is 0. The molecular weight excluding hydrogens is 246 g/mol. The van der Waals surface area contributed by atoms with E-state index in [9.17, 15) is 0 Å². The number of hydrogen-bond donors (Lipinski definition) is 1. The molecule has 1 aliphatic heterocycles. The largest absolute Gasteiger partial charge is 0.369 e. The van der Waals surface area contributed by atoms with E-state index >= 15 is 0 Å². The van der Waals surface area contributed by atoms with Crippen LogP contribution >= 0.6 is 0 Å². The van der Waals surface area contributed by atoms with Gasteiger partial charge in [0.15, 0.2) is 5.96 Å². The third kappa shape index (κ3) is 2.19. The van der Waals surface area contributed by atoms with E-state index in [-0.39, 0.29) is 5.54 Å². The lowest BCUT2D eigenvalue weighted by Gasteiger charge is -2.48. The summed E-state index contributed by atoms with van der Waals surface area (Å²) in [6.45, 7) is 7.70. The fourth-order valence-electron chi connectivity index (χ4n) is 4.00. The van der Waals surface area contributed by atoms with Crippen LogP contribution in [0.1, 0.15) is 45.1 Å². The van der Waals surface area contributed by atoms with Crippen molar-refractivity contribution in [1.82, 2.24) is 0 Å². The molecule has 1 heterocycles. The van der Waals surface area contributed by atoms with Gasteiger partial charge in [0.1, 0.15) is 0 Å². The third-order valence-electron chi connectivity index (χ3n) is 4.83. The summed E-state index contributed by atoms with van der Waals surface area (Å²) in [7, 11) is 0. The highest BCUT2D eigenvalue weighted by molar-refractivity contribution is 5.98. The maximum atomic E-state index is 6.22. The van der Waals surface area contributed by atoms with E-state index < -0.39 is 0 Å². The summed E-state index contributed by atoms with van der Waals surface area (Å²) >= 11 is 0. The zero-order valence-corrected chi connectivity index (χ0v) is 12.8. The number of nitrogens with two attached hydrogens (primary N) is 1. The molecule has 1 unspecified atom stereocenters. The number of guanidine groups is 1. The van der Waals surface area contributed by atoms with E-state index in [1.54, 1.807) is 0 Å². The van der Waals surface area contributed by atoms with Crippen LogP contribution in [0.4, 0.5) is 5.69 Å². The fourth-order valence-corrected chi connectivity index (χ4v) is 4.00. The van der Waals surface area contributed by atoms with Gasteiger partial charge in [-0.25, -0.2) is 0 Å².